The number of fused-ring (bicyclic) bond motifs is 1. The van der Waals surface area contributed by atoms with Crippen molar-refractivity contribution in [3.05, 3.63) is 24.1 Å². The zero-order valence-corrected chi connectivity index (χ0v) is 12.0. The number of oxazole rings is 1. The predicted octanol–water partition coefficient (Wildman–Crippen LogP) is 3.28. The second-order valence-corrected chi connectivity index (χ2v) is 5.18. The molecule has 4 heteroatoms. The van der Waals surface area contributed by atoms with E-state index in [4.69, 9.17) is 10.2 Å². The van der Waals surface area contributed by atoms with Crippen molar-refractivity contribution in [3.63, 3.8) is 0 Å². The van der Waals surface area contributed by atoms with Gasteiger partial charge in [0.1, 0.15) is 5.52 Å². The molecule has 1 aromatic heterocycles. The first-order valence-electron chi connectivity index (χ1n) is 6.99. The van der Waals surface area contributed by atoms with Crippen LogP contribution in [0.3, 0.4) is 0 Å². The van der Waals surface area contributed by atoms with Crippen molar-refractivity contribution in [1.82, 2.24) is 9.88 Å². The van der Waals surface area contributed by atoms with Gasteiger partial charge in [0.15, 0.2) is 5.58 Å². The van der Waals surface area contributed by atoms with Gasteiger partial charge in [0.2, 0.25) is 5.89 Å². The van der Waals surface area contributed by atoms with Crippen molar-refractivity contribution in [2.45, 2.75) is 33.7 Å². The Labute approximate surface area is 114 Å². The Morgan fingerprint density at radius 3 is 2.84 bits per heavy atom. The van der Waals surface area contributed by atoms with Crippen LogP contribution in [0.4, 0.5) is 5.69 Å². The van der Waals surface area contributed by atoms with Crippen molar-refractivity contribution in [3.8, 4) is 0 Å². The van der Waals surface area contributed by atoms with Crippen LogP contribution in [-0.2, 0) is 6.54 Å². The molecule has 104 valence electrons. The standard InChI is InChI=1S/C15H23N3O/c1-4-11(3)9-18(5-2)10-15-17-13-7-6-12(16)8-14(13)19-15/h6-8,11H,4-5,9-10,16H2,1-3H3. The molecular weight excluding hydrogens is 238 g/mol. The molecule has 0 aliphatic rings. The number of nitrogen functional groups attached to an aromatic ring is 1. The van der Waals surface area contributed by atoms with E-state index in [2.05, 4.69) is 30.7 Å². The monoisotopic (exact) mass is 261 g/mol. The molecule has 0 bridgehead atoms. The molecule has 0 saturated carbocycles. The van der Waals surface area contributed by atoms with Crippen LogP contribution in [0.1, 0.15) is 33.1 Å². The molecule has 1 aromatic carbocycles. The third-order valence-electron chi connectivity index (χ3n) is 3.53. The second-order valence-electron chi connectivity index (χ2n) is 5.18. The summed E-state index contributed by atoms with van der Waals surface area (Å²) in [6.07, 6.45) is 1.20. The number of hydrogen-bond donors (Lipinski definition) is 1. The number of hydrogen-bond acceptors (Lipinski definition) is 4. The number of aromatic nitrogens is 1. The molecule has 2 N–H and O–H groups in total. The lowest BCUT2D eigenvalue weighted by Crippen LogP contribution is -2.27. The first-order chi connectivity index (χ1) is 9.12. The zero-order valence-electron chi connectivity index (χ0n) is 12.0. The summed E-state index contributed by atoms with van der Waals surface area (Å²) in [6.45, 7) is 9.51. The average Bonchev–Trinajstić information content (AvgIpc) is 2.79. The number of nitrogens with two attached hydrogens (primary N) is 1. The fourth-order valence-electron chi connectivity index (χ4n) is 2.12. The highest BCUT2D eigenvalue weighted by molar-refractivity contribution is 5.76. The van der Waals surface area contributed by atoms with Crippen LogP contribution in [-0.4, -0.2) is 23.0 Å². The van der Waals surface area contributed by atoms with Crippen LogP contribution in [0.5, 0.6) is 0 Å². The van der Waals surface area contributed by atoms with Crippen LogP contribution < -0.4 is 5.73 Å². The van der Waals surface area contributed by atoms with E-state index in [1.165, 1.54) is 6.42 Å². The maximum absolute atomic E-state index is 5.76. The molecule has 19 heavy (non-hydrogen) atoms. The van der Waals surface area contributed by atoms with Crippen LogP contribution >= 0.6 is 0 Å². The molecule has 0 saturated heterocycles. The predicted molar refractivity (Wildman–Crippen MR) is 78.8 cm³/mol. The maximum Gasteiger partial charge on any atom is 0.209 e. The minimum atomic E-state index is 0.694. The molecule has 0 aliphatic heterocycles. The van der Waals surface area contributed by atoms with Gasteiger partial charge >= 0.3 is 0 Å². The molecule has 1 atom stereocenters. The van der Waals surface area contributed by atoms with Gasteiger partial charge in [0, 0.05) is 18.3 Å². The van der Waals surface area contributed by atoms with E-state index in [1.54, 1.807) is 0 Å². The molecule has 2 rings (SSSR count). The van der Waals surface area contributed by atoms with Crippen LogP contribution in [0.25, 0.3) is 11.1 Å². The Hall–Kier alpha value is -1.55. The largest absolute Gasteiger partial charge is 0.439 e. The van der Waals surface area contributed by atoms with Gasteiger partial charge in [-0.25, -0.2) is 4.98 Å². The molecule has 4 nitrogen and oxygen atoms in total. The molecular formula is C15H23N3O. The first kappa shape index (κ1) is 13.9. The molecule has 0 radical (unpaired) electrons. The Morgan fingerprint density at radius 2 is 2.16 bits per heavy atom. The fraction of sp³-hybridized carbons (Fsp3) is 0.533. The lowest BCUT2D eigenvalue weighted by molar-refractivity contribution is 0.219. The highest BCUT2D eigenvalue weighted by Gasteiger charge is 2.12. The number of anilines is 1. The molecule has 0 amide bonds. The van der Waals surface area contributed by atoms with Gasteiger partial charge in [-0.05, 0) is 24.6 Å². The lowest BCUT2D eigenvalue weighted by atomic mass is 10.1. The van der Waals surface area contributed by atoms with E-state index >= 15 is 0 Å². The van der Waals surface area contributed by atoms with Crippen molar-refractivity contribution < 1.29 is 4.42 Å². The van der Waals surface area contributed by atoms with E-state index < -0.39 is 0 Å². The van der Waals surface area contributed by atoms with Gasteiger partial charge in [0.25, 0.3) is 0 Å². The van der Waals surface area contributed by atoms with E-state index in [-0.39, 0.29) is 0 Å². The van der Waals surface area contributed by atoms with Gasteiger partial charge in [-0.15, -0.1) is 0 Å². The third kappa shape index (κ3) is 3.47. The first-order valence-corrected chi connectivity index (χ1v) is 6.99. The minimum Gasteiger partial charge on any atom is -0.439 e. The molecule has 2 aromatic rings. The van der Waals surface area contributed by atoms with Crippen molar-refractivity contribution in [1.29, 1.82) is 0 Å². The van der Waals surface area contributed by atoms with Crippen molar-refractivity contribution >= 4 is 16.8 Å². The summed E-state index contributed by atoms with van der Waals surface area (Å²) in [5, 5.41) is 0. The molecule has 0 spiro atoms. The molecule has 1 unspecified atom stereocenters. The number of benzene rings is 1. The van der Waals surface area contributed by atoms with Gasteiger partial charge in [-0.3, -0.25) is 4.90 Å². The second kappa shape index (κ2) is 6.06. The summed E-state index contributed by atoms with van der Waals surface area (Å²) in [5.41, 5.74) is 8.11. The fourth-order valence-corrected chi connectivity index (χ4v) is 2.12. The van der Waals surface area contributed by atoms with Crippen LogP contribution in [0.15, 0.2) is 22.6 Å². The summed E-state index contributed by atoms with van der Waals surface area (Å²) in [7, 11) is 0. The van der Waals surface area contributed by atoms with E-state index in [0.29, 0.717) is 11.6 Å². The Kier molecular flexibility index (Phi) is 4.43. The third-order valence-corrected chi connectivity index (χ3v) is 3.53. The highest BCUT2D eigenvalue weighted by atomic mass is 16.3. The van der Waals surface area contributed by atoms with E-state index in [9.17, 15) is 0 Å². The number of rotatable bonds is 6. The minimum absolute atomic E-state index is 0.694. The van der Waals surface area contributed by atoms with E-state index in [0.717, 1.165) is 36.6 Å². The topological polar surface area (TPSA) is 55.3 Å². The normalized spacial score (nSPS) is 13.3. The van der Waals surface area contributed by atoms with Crippen molar-refractivity contribution in [2.24, 2.45) is 5.92 Å². The Balaban J connectivity index is 2.10. The summed E-state index contributed by atoms with van der Waals surface area (Å²) in [6, 6.07) is 5.59. The zero-order chi connectivity index (χ0) is 13.8. The lowest BCUT2D eigenvalue weighted by Gasteiger charge is -2.21. The molecule has 0 fully saturated rings. The summed E-state index contributed by atoms with van der Waals surface area (Å²) in [5.74, 6) is 1.46. The van der Waals surface area contributed by atoms with E-state index in [1.807, 2.05) is 18.2 Å². The summed E-state index contributed by atoms with van der Waals surface area (Å²) in [4.78, 5) is 6.87. The van der Waals surface area contributed by atoms with Crippen molar-refractivity contribution in [2.75, 3.05) is 18.8 Å². The SMILES string of the molecule is CCC(C)CN(CC)Cc1nc2ccc(N)cc2o1. The van der Waals surface area contributed by atoms with Crippen LogP contribution in [0.2, 0.25) is 0 Å². The molecule has 1 heterocycles. The summed E-state index contributed by atoms with van der Waals surface area (Å²) < 4.78 is 5.76. The Morgan fingerprint density at radius 1 is 1.37 bits per heavy atom. The summed E-state index contributed by atoms with van der Waals surface area (Å²) >= 11 is 0. The van der Waals surface area contributed by atoms with Gasteiger partial charge in [-0.1, -0.05) is 27.2 Å². The average molecular weight is 261 g/mol. The highest BCUT2D eigenvalue weighted by Crippen LogP contribution is 2.19. The smallest absolute Gasteiger partial charge is 0.209 e. The van der Waals surface area contributed by atoms with Gasteiger partial charge in [0.05, 0.1) is 6.54 Å². The molecule has 0 aliphatic carbocycles. The van der Waals surface area contributed by atoms with Crippen LogP contribution in [0, 0.1) is 5.92 Å². The quantitative estimate of drug-likeness (QED) is 0.811. The van der Waals surface area contributed by atoms with Gasteiger partial charge in [-0.2, -0.15) is 0 Å². The Bertz CT molecular complexity index is 535. The number of nitrogens with zero attached hydrogens (tertiary/aromatic N) is 2. The maximum atomic E-state index is 5.76. The van der Waals surface area contributed by atoms with Gasteiger partial charge < -0.3 is 10.2 Å².